The summed E-state index contributed by atoms with van der Waals surface area (Å²) in [4.78, 5) is 2.96. The predicted octanol–water partition coefficient (Wildman–Crippen LogP) is 3.67. The Kier molecular flexibility index (Phi) is 3.24. The smallest absolute Gasteiger partial charge is 0.147 e. The summed E-state index contributed by atoms with van der Waals surface area (Å²) in [5.74, 6) is -0.977. The number of halogens is 3. The topological polar surface area (TPSA) is 27.8 Å². The van der Waals surface area contributed by atoms with Gasteiger partial charge in [-0.1, -0.05) is 0 Å². The highest BCUT2D eigenvalue weighted by Crippen LogP contribution is 2.23. The quantitative estimate of drug-likeness (QED) is 0.828. The van der Waals surface area contributed by atoms with Crippen LogP contribution in [0, 0.1) is 11.6 Å². The van der Waals surface area contributed by atoms with Gasteiger partial charge in [-0.15, -0.1) is 0 Å². The molecule has 0 bridgehead atoms. The largest absolute Gasteiger partial charge is 0.377 e. The summed E-state index contributed by atoms with van der Waals surface area (Å²) in [5, 5.41) is 2.82. The number of benzene rings is 1. The average molecular weight is 287 g/mol. The molecule has 0 aliphatic carbocycles. The highest BCUT2D eigenvalue weighted by Gasteiger charge is 2.07. The van der Waals surface area contributed by atoms with Gasteiger partial charge in [0.25, 0.3) is 0 Å². The van der Waals surface area contributed by atoms with Gasteiger partial charge < -0.3 is 10.3 Å². The zero-order valence-electron chi connectivity index (χ0n) is 8.23. The predicted molar refractivity (Wildman–Crippen MR) is 62.2 cm³/mol. The molecule has 1 heterocycles. The van der Waals surface area contributed by atoms with Crippen LogP contribution in [0.5, 0.6) is 0 Å². The van der Waals surface area contributed by atoms with Crippen molar-refractivity contribution in [1.29, 1.82) is 0 Å². The Hall–Kier alpha value is -1.36. The Labute approximate surface area is 99.8 Å². The molecule has 1 aromatic carbocycles. The van der Waals surface area contributed by atoms with Gasteiger partial charge in [-0.3, -0.25) is 0 Å². The van der Waals surface area contributed by atoms with E-state index < -0.39 is 11.6 Å². The molecule has 2 nitrogen and oxygen atoms in total. The molecule has 0 radical (unpaired) electrons. The molecule has 84 valence electrons. The fourth-order valence-corrected chi connectivity index (χ4v) is 1.64. The minimum absolute atomic E-state index is 0.121. The number of anilines is 1. The highest BCUT2D eigenvalue weighted by molar-refractivity contribution is 9.10. The molecule has 0 fully saturated rings. The summed E-state index contributed by atoms with van der Waals surface area (Å²) in [6, 6.07) is 5.93. The maximum Gasteiger partial charge on any atom is 0.147 e. The van der Waals surface area contributed by atoms with E-state index >= 15 is 0 Å². The Morgan fingerprint density at radius 3 is 2.75 bits per heavy atom. The molecule has 2 rings (SSSR count). The van der Waals surface area contributed by atoms with Gasteiger partial charge in [-0.25, -0.2) is 8.78 Å². The molecule has 0 saturated heterocycles. The van der Waals surface area contributed by atoms with Crippen molar-refractivity contribution in [3.63, 3.8) is 0 Å². The van der Waals surface area contributed by atoms with Crippen LogP contribution < -0.4 is 5.32 Å². The number of rotatable bonds is 3. The first-order chi connectivity index (χ1) is 7.66. The molecule has 0 aliphatic rings. The summed E-state index contributed by atoms with van der Waals surface area (Å²) >= 11 is 2.92. The number of hydrogen-bond donors (Lipinski definition) is 2. The van der Waals surface area contributed by atoms with Crippen molar-refractivity contribution in [3.8, 4) is 0 Å². The van der Waals surface area contributed by atoms with Gasteiger partial charge in [-0.2, -0.15) is 0 Å². The third-order valence-corrected chi connectivity index (χ3v) is 2.75. The lowest BCUT2D eigenvalue weighted by molar-refractivity contribution is 0.596. The van der Waals surface area contributed by atoms with E-state index in [1.54, 1.807) is 6.20 Å². The van der Waals surface area contributed by atoms with E-state index in [9.17, 15) is 8.78 Å². The van der Waals surface area contributed by atoms with E-state index in [-0.39, 0.29) is 10.2 Å². The van der Waals surface area contributed by atoms with E-state index in [4.69, 9.17) is 0 Å². The van der Waals surface area contributed by atoms with E-state index in [1.165, 1.54) is 0 Å². The third-order valence-electron chi connectivity index (χ3n) is 2.14. The molecule has 5 heteroatoms. The maximum atomic E-state index is 13.4. The second-order valence-corrected chi connectivity index (χ2v) is 4.15. The standard InChI is InChI=1S/C11H9BrF2N2/c12-8-4-10(14)11(5-9(8)13)16-6-7-2-1-3-15-7/h1-5,15-16H,6H2. The average Bonchev–Trinajstić information content (AvgIpc) is 2.74. The van der Waals surface area contributed by atoms with Crippen molar-refractivity contribution in [2.75, 3.05) is 5.32 Å². The molecule has 0 amide bonds. The van der Waals surface area contributed by atoms with Gasteiger partial charge in [0.1, 0.15) is 11.6 Å². The van der Waals surface area contributed by atoms with E-state index in [0.29, 0.717) is 6.54 Å². The SMILES string of the molecule is Fc1cc(NCc2ccc[nH]2)c(F)cc1Br. The van der Waals surface area contributed by atoms with Crippen LogP contribution >= 0.6 is 15.9 Å². The van der Waals surface area contributed by atoms with Gasteiger partial charge in [0.05, 0.1) is 16.7 Å². The highest BCUT2D eigenvalue weighted by atomic mass is 79.9. The minimum atomic E-state index is -0.490. The molecule has 2 aromatic rings. The fraction of sp³-hybridized carbons (Fsp3) is 0.0909. The second kappa shape index (κ2) is 4.65. The molecule has 0 atom stereocenters. The zero-order valence-corrected chi connectivity index (χ0v) is 9.81. The van der Waals surface area contributed by atoms with Gasteiger partial charge >= 0.3 is 0 Å². The Bertz CT molecular complexity index is 483. The molecule has 0 unspecified atom stereocenters. The number of aromatic nitrogens is 1. The van der Waals surface area contributed by atoms with Crippen LogP contribution in [-0.2, 0) is 6.54 Å². The Balaban J connectivity index is 2.12. The molecule has 2 N–H and O–H groups in total. The number of nitrogens with one attached hydrogen (secondary N) is 2. The molecule has 0 spiro atoms. The summed E-state index contributed by atoms with van der Waals surface area (Å²) in [6.45, 7) is 0.422. The summed E-state index contributed by atoms with van der Waals surface area (Å²) < 4.78 is 26.7. The summed E-state index contributed by atoms with van der Waals surface area (Å²) in [6.07, 6.45) is 1.77. The van der Waals surface area contributed by atoms with Gasteiger partial charge in [0, 0.05) is 18.0 Å². The number of hydrogen-bond acceptors (Lipinski definition) is 1. The Morgan fingerprint density at radius 2 is 2.06 bits per heavy atom. The lowest BCUT2D eigenvalue weighted by Crippen LogP contribution is -2.02. The van der Waals surface area contributed by atoms with Crippen molar-refractivity contribution in [3.05, 3.63) is 52.3 Å². The first-order valence-electron chi connectivity index (χ1n) is 4.67. The third kappa shape index (κ3) is 2.41. The van der Waals surface area contributed by atoms with Crippen LogP contribution in [0.2, 0.25) is 0 Å². The van der Waals surface area contributed by atoms with Crippen LogP contribution in [0.25, 0.3) is 0 Å². The number of H-pyrrole nitrogens is 1. The normalized spacial score (nSPS) is 10.4. The van der Waals surface area contributed by atoms with E-state index in [1.807, 2.05) is 12.1 Å². The van der Waals surface area contributed by atoms with Crippen molar-refractivity contribution in [2.24, 2.45) is 0 Å². The molecule has 0 aliphatic heterocycles. The molecular formula is C11H9BrF2N2. The summed E-state index contributed by atoms with van der Waals surface area (Å²) in [5.41, 5.74) is 1.05. The summed E-state index contributed by atoms with van der Waals surface area (Å²) in [7, 11) is 0. The first kappa shape index (κ1) is 11.1. The van der Waals surface area contributed by atoms with E-state index in [2.05, 4.69) is 26.2 Å². The lowest BCUT2D eigenvalue weighted by Gasteiger charge is -2.07. The van der Waals surface area contributed by atoms with Crippen LogP contribution in [0.3, 0.4) is 0 Å². The molecule has 1 aromatic heterocycles. The van der Waals surface area contributed by atoms with Crippen molar-refractivity contribution in [1.82, 2.24) is 4.98 Å². The Morgan fingerprint density at radius 1 is 1.25 bits per heavy atom. The van der Waals surface area contributed by atoms with Gasteiger partial charge in [-0.05, 0) is 34.1 Å². The fourth-order valence-electron chi connectivity index (χ4n) is 1.33. The van der Waals surface area contributed by atoms with Crippen LogP contribution in [-0.4, -0.2) is 4.98 Å². The monoisotopic (exact) mass is 286 g/mol. The van der Waals surface area contributed by atoms with Gasteiger partial charge in [0.15, 0.2) is 0 Å². The van der Waals surface area contributed by atoms with Gasteiger partial charge in [0.2, 0.25) is 0 Å². The molecule has 0 saturated carbocycles. The lowest BCUT2D eigenvalue weighted by atomic mass is 10.3. The second-order valence-electron chi connectivity index (χ2n) is 3.30. The van der Waals surface area contributed by atoms with Crippen molar-refractivity contribution in [2.45, 2.75) is 6.54 Å². The first-order valence-corrected chi connectivity index (χ1v) is 5.47. The van der Waals surface area contributed by atoms with Crippen LogP contribution in [0.1, 0.15) is 5.69 Å². The number of aromatic amines is 1. The molecule has 16 heavy (non-hydrogen) atoms. The zero-order chi connectivity index (χ0) is 11.5. The minimum Gasteiger partial charge on any atom is -0.377 e. The van der Waals surface area contributed by atoms with Crippen molar-refractivity contribution >= 4 is 21.6 Å². The van der Waals surface area contributed by atoms with E-state index in [0.717, 1.165) is 17.8 Å². The molecular weight excluding hydrogens is 278 g/mol. The van der Waals surface area contributed by atoms with Crippen LogP contribution in [0.4, 0.5) is 14.5 Å². The maximum absolute atomic E-state index is 13.4. The van der Waals surface area contributed by atoms with Crippen molar-refractivity contribution < 1.29 is 8.78 Å². The van der Waals surface area contributed by atoms with Crippen LogP contribution in [0.15, 0.2) is 34.9 Å².